The van der Waals surface area contributed by atoms with Crippen LogP contribution in [0.4, 0.5) is 0 Å². The first kappa shape index (κ1) is 19.2. The number of aromatic nitrogens is 1. The molecule has 0 radical (unpaired) electrons. The Bertz CT molecular complexity index is 511. The summed E-state index contributed by atoms with van der Waals surface area (Å²) < 4.78 is 5.65. The van der Waals surface area contributed by atoms with E-state index in [9.17, 15) is 0 Å². The van der Waals surface area contributed by atoms with Crippen LogP contribution < -0.4 is 10.6 Å². The number of nitrogens with zero attached hydrogens (tertiary/aromatic N) is 2. The number of hydrogen-bond donors (Lipinski definition) is 2. The van der Waals surface area contributed by atoms with Gasteiger partial charge in [0.25, 0.3) is 0 Å². The fourth-order valence-electron chi connectivity index (χ4n) is 2.44. The zero-order valence-corrected chi connectivity index (χ0v) is 16.2. The minimum Gasteiger partial charge on any atom is -0.381 e. The van der Waals surface area contributed by atoms with Gasteiger partial charge < -0.3 is 15.4 Å². The molecule has 1 heterocycles. The number of thiazole rings is 1. The minimum atomic E-state index is 0.802. The maximum atomic E-state index is 5.65. The average molecular weight is 353 g/mol. The van der Waals surface area contributed by atoms with E-state index in [1.54, 1.807) is 0 Å². The van der Waals surface area contributed by atoms with Gasteiger partial charge in [-0.05, 0) is 45.4 Å². The van der Waals surface area contributed by atoms with Gasteiger partial charge in [0.2, 0.25) is 0 Å². The van der Waals surface area contributed by atoms with Crippen molar-refractivity contribution < 1.29 is 4.74 Å². The Morgan fingerprint density at radius 3 is 2.83 bits per heavy atom. The van der Waals surface area contributed by atoms with Crippen LogP contribution in [0.1, 0.15) is 48.7 Å². The summed E-state index contributed by atoms with van der Waals surface area (Å²) in [5.74, 6) is 1.74. The Labute approximate surface area is 150 Å². The van der Waals surface area contributed by atoms with Crippen LogP contribution in [-0.2, 0) is 17.6 Å². The van der Waals surface area contributed by atoms with Gasteiger partial charge in [-0.15, -0.1) is 11.3 Å². The van der Waals surface area contributed by atoms with Crippen LogP contribution in [0, 0.1) is 12.8 Å². The molecule has 1 aromatic rings. The number of guanidine groups is 1. The second kappa shape index (κ2) is 10.7. The molecule has 1 fully saturated rings. The molecule has 0 aliphatic heterocycles. The fraction of sp³-hybridized carbons (Fsp3) is 0.778. The summed E-state index contributed by atoms with van der Waals surface area (Å²) in [4.78, 5) is 10.6. The van der Waals surface area contributed by atoms with Gasteiger partial charge in [0.15, 0.2) is 5.96 Å². The summed E-state index contributed by atoms with van der Waals surface area (Å²) in [6.07, 6.45) is 5.65. The van der Waals surface area contributed by atoms with Crippen molar-refractivity contribution in [3.63, 3.8) is 0 Å². The maximum absolute atomic E-state index is 5.65. The minimum absolute atomic E-state index is 0.802. The van der Waals surface area contributed by atoms with Crippen LogP contribution in [0.5, 0.6) is 0 Å². The average Bonchev–Trinajstić information content (AvgIpc) is 3.32. The number of nitrogens with one attached hydrogen (secondary N) is 2. The molecule has 5 nitrogen and oxygen atoms in total. The molecule has 24 heavy (non-hydrogen) atoms. The van der Waals surface area contributed by atoms with Gasteiger partial charge in [0.05, 0.1) is 10.7 Å². The van der Waals surface area contributed by atoms with Crippen LogP contribution in [0.15, 0.2) is 4.99 Å². The summed E-state index contributed by atoms with van der Waals surface area (Å²) in [5, 5.41) is 7.91. The van der Waals surface area contributed by atoms with Crippen molar-refractivity contribution in [1.29, 1.82) is 0 Å². The van der Waals surface area contributed by atoms with Crippen molar-refractivity contribution in [3.05, 3.63) is 15.6 Å². The fourth-order valence-corrected chi connectivity index (χ4v) is 3.47. The van der Waals surface area contributed by atoms with E-state index in [-0.39, 0.29) is 0 Å². The molecule has 0 atom stereocenters. The SMILES string of the molecule is CCNC(=NCCCOCC1CC1)NCCc1nc(CC)c(C)s1. The lowest BCUT2D eigenvalue weighted by Gasteiger charge is -2.10. The molecule has 0 saturated heterocycles. The van der Waals surface area contributed by atoms with Gasteiger partial charge in [0.1, 0.15) is 0 Å². The molecular formula is C18H32N4OS. The molecule has 0 aromatic carbocycles. The van der Waals surface area contributed by atoms with Gasteiger partial charge in [-0.25, -0.2) is 4.98 Å². The first-order valence-corrected chi connectivity index (χ1v) is 10.1. The van der Waals surface area contributed by atoms with E-state index >= 15 is 0 Å². The van der Waals surface area contributed by atoms with E-state index in [1.165, 1.54) is 28.4 Å². The maximum Gasteiger partial charge on any atom is 0.191 e. The van der Waals surface area contributed by atoms with Gasteiger partial charge >= 0.3 is 0 Å². The van der Waals surface area contributed by atoms with Crippen molar-refractivity contribution in [2.45, 2.75) is 52.9 Å². The molecule has 2 N–H and O–H groups in total. The third kappa shape index (κ3) is 7.18. The second-order valence-electron chi connectivity index (χ2n) is 6.27. The first-order valence-electron chi connectivity index (χ1n) is 9.28. The molecule has 2 rings (SSSR count). The van der Waals surface area contributed by atoms with Crippen molar-refractivity contribution in [2.75, 3.05) is 32.8 Å². The van der Waals surface area contributed by atoms with E-state index < -0.39 is 0 Å². The molecule has 0 bridgehead atoms. The van der Waals surface area contributed by atoms with E-state index in [4.69, 9.17) is 4.74 Å². The van der Waals surface area contributed by atoms with Crippen LogP contribution in [-0.4, -0.2) is 43.8 Å². The number of aryl methyl sites for hydroxylation is 2. The first-order chi connectivity index (χ1) is 11.7. The van der Waals surface area contributed by atoms with E-state index in [2.05, 4.69) is 41.4 Å². The predicted octanol–water partition coefficient (Wildman–Crippen LogP) is 2.93. The number of hydrogen-bond acceptors (Lipinski definition) is 4. The van der Waals surface area contributed by atoms with E-state index in [0.29, 0.717) is 0 Å². The van der Waals surface area contributed by atoms with Crippen molar-refractivity contribution >= 4 is 17.3 Å². The van der Waals surface area contributed by atoms with E-state index in [1.807, 2.05) is 11.3 Å². The molecule has 1 aliphatic carbocycles. The highest BCUT2D eigenvalue weighted by Crippen LogP contribution is 2.28. The summed E-state index contributed by atoms with van der Waals surface area (Å²) in [5.41, 5.74) is 1.24. The predicted molar refractivity (Wildman–Crippen MR) is 102 cm³/mol. The van der Waals surface area contributed by atoms with Crippen LogP contribution >= 0.6 is 11.3 Å². The van der Waals surface area contributed by atoms with Crippen molar-refractivity contribution in [3.8, 4) is 0 Å². The molecule has 0 unspecified atom stereocenters. The van der Waals surface area contributed by atoms with Gasteiger partial charge in [-0.3, -0.25) is 4.99 Å². The Balaban J connectivity index is 1.64. The smallest absolute Gasteiger partial charge is 0.191 e. The summed E-state index contributed by atoms with van der Waals surface area (Å²) >= 11 is 1.81. The molecule has 136 valence electrons. The third-order valence-corrected chi connectivity index (χ3v) is 5.09. The zero-order valence-electron chi connectivity index (χ0n) is 15.4. The lowest BCUT2D eigenvalue weighted by atomic mass is 10.3. The Morgan fingerprint density at radius 1 is 1.33 bits per heavy atom. The lowest BCUT2D eigenvalue weighted by Crippen LogP contribution is -2.38. The molecule has 0 spiro atoms. The van der Waals surface area contributed by atoms with Crippen LogP contribution in [0.3, 0.4) is 0 Å². The third-order valence-electron chi connectivity index (χ3n) is 4.01. The molecule has 1 aliphatic rings. The number of ether oxygens (including phenoxy) is 1. The van der Waals surface area contributed by atoms with Gasteiger partial charge in [-0.1, -0.05) is 6.92 Å². The normalized spacial score (nSPS) is 14.9. The Morgan fingerprint density at radius 2 is 2.17 bits per heavy atom. The zero-order chi connectivity index (χ0) is 17.2. The monoisotopic (exact) mass is 352 g/mol. The summed E-state index contributed by atoms with van der Waals surface area (Å²) in [6, 6.07) is 0. The molecule has 1 saturated carbocycles. The van der Waals surface area contributed by atoms with Crippen LogP contribution in [0.25, 0.3) is 0 Å². The highest BCUT2D eigenvalue weighted by atomic mass is 32.1. The standard InChI is InChI=1S/C18H32N4OS/c1-4-16-14(3)24-17(22-16)9-11-21-18(19-5-2)20-10-6-12-23-13-15-7-8-15/h15H,4-13H2,1-3H3,(H2,19,20,21). The van der Waals surface area contributed by atoms with Crippen molar-refractivity contribution in [2.24, 2.45) is 10.9 Å². The topological polar surface area (TPSA) is 58.5 Å². The quantitative estimate of drug-likeness (QED) is 0.365. The number of rotatable bonds is 11. The Hall–Kier alpha value is -1.14. The summed E-state index contributed by atoms with van der Waals surface area (Å²) in [7, 11) is 0. The van der Waals surface area contributed by atoms with E-state index in [0.717, 1.165) is 64.0 Å². The largest absolute Gasteiger partial charge is 0.381 e. The highest BCUT2D eigenvalue weighted by molar-refractivity contribution is 7.11. The van der Waals surface area contributed by atoms with Gasteiger partial charge in [0, 0.05) is 44.1 Å². The second-order valence-corrected chi connectivity index (χ2v) is 7.56. The van der Waals surface area contributed by atoms with Gasteiger partial charge in [-0.2, -0.15) is 0 Å². The van der Waals surface area contributed by atoms with Crippen molar-refractivity contribution in [1.82, 2.24) is 15.6 Å². The lowest BCUT2D eigenvalue weighted by molar-refractivity contribution is 0.123. The summed E-state index contributed by atoms with van der Waals surface area (Å²) in [6.45, 7) is 10.7. The highest BCUT2D eigenvalue weighted by Gasteiger charge is 2.20. The molecule has 6 heteroatoms. The molecule has 0 amide bonds. The van der Waals surface area contributed by atoms with Crippen LogP contribution in [0.2, 0.25) is 0 Å². The number of aliphatic imine (C=N–C) groups is 1. The molecule has 1 aromatic heterocycles. The molecular weight excluding hydrogens is 320 g/mol. The Kier molecular flexibility index (Phi) is 8.53.